The summed E-state index contributed by atoms with van der Waals surface area (Å²) in [6.07, 6.45) is 2.85. The fourth-order valence-corrected chi connectivity index (χ4v) is 2.21. The highest BCUT2D eigenvalue weighted by molar-refractivity contribution is 6.04. The van der Waals surface area contributed by atoms with Gasteiger partial charge in [-0.25, -0.2) is 4.79 Å². The van der Waals surface area contributed by atoms with Gasteiger partial charge in [0.2, 0.25) is 0 Å². The van der Waals surface area contributed by atoms with E-state index in [4.69, 9.17) is 0 Å². The van der Waals surface area contributed by atoms with E-state index >= 15 is 0 Å². The molecule has 2 aromatic rings. The summed E-state index contributed by atoms with van der Waals surface area (Å²) < 4.78 is 4.69. The lowest BCUT2D eigenvalue weighted by Gasteiger charge is -2.09. The summed E-state index contributed by atoms with van der Waals surface area (Å²) in [5, 5.41) is 1.57. The average molecular weight is 259 g/mol. The summed E-state index contributed by atoms with van der Waals surface area (Å²) in [6.45, 7) is 2.10. The molecule has 0 aliphatic heterocycles. The highest BCUT2D eigenvalue weighted by Crippen LogP contribution is 2.20. The number of hydrogen-bond acceptors (Lipinski definition) is 3. The zero-order chi connectivity index (χ0) is 13.8. The number of carbonyl (C=O) groups is 1. The summed E-state index contributed by atoms with van der Waals surface area (Å²) in [5.41, 5.74) is 0.588. The zero-order valence-corrected chi connectivity index (χ0v) is 11.2. The van der Waals surface area contributed by atoms with Crippen molar-refractivity contribution in [1.82, 2.24) is 4.98 Å². The SMILES string of the molecule is CCCCc1[nH]c(=O)c(C(=O)OC)c2ccccc12. The predicted molar refractivity (Wildman–Crippen MR) is 74.5 cm³/mol. The minimum absolute atomic E-state index is 0.0818. The Morgan fingerprint density at radius 2 is 1.95 bits per heavy atom. The van der Waals surface area contributed by atoms with E-state index in [1.54, 1.807) is 6.07 Å². The Bertz CT molecular complexity index is 658. The molecule has 0 amide bonds. The molecule has 1 aromatic carbocycles. The molecule has 4 heteroatoms. The molecule has 4 nitrogen and oxygen atoms in total. The Morgan fingerprint density at radius 1 is 1.26 bits per heavy atom. The van der Waals surface area contributed by atoms with Gasteiger partial charge in [0, 0.05) is 16.5 Å². The molecule has 0 aliphatic rings. The second-order valence-corrected chi connectivity index (χ2v) is 4.45. The zero-order valence-electron chi connectivity index (χ0n) is 11.2. The number of aromatic amines is 1. The number of aryl methyl sites for hydroxylation is 1. The Kier molecular flexibility index (Phi) is 4.00. The molecule has 1 aromatic heterocycles. The molecule has 1 heterocycles. The van der Waals surface area contributed by atoms with Gasteiger partial charge in [-0.3, -0.25) is 4.79 Å². The second kappa shape index (κ2) is 5.69. The van der Waals surface area contributed by atoms with E-state index < -0.39 is 5.97 Å². The van der Waals surface area contributed by atoms with E-state index in [1.807, 2.05) is 18.2 Å². The van der Waals surface area contributed by atoms with Gasteiger partial charge in [-0.2, -0.15) is 0 Å². The number of pyridine rings is 1. The van der Waals surface area contributed by atoms with Crippen LogP contribution in [-0.4, -0.2) is 18.1 Å². The number of aromatic nitrogens is 1. The summed E-state index contributed by atoms with van der Waals surface area (Å²) in [4.78, 5) is 26.6. The van der Waals surface area contributed by atoms with Gasteiger partial charge in [-0.15, -0.1) is 0 Å². The molecule has 0 atom stereocenters. The monoisotopic (exact) mass is 259 g/mol. The van der Waals surface area contributed by atoms with Crippen molar-refractivity contribution in [1.29, 1.82) is 0 Å². The minimum Gasteiger partial charge on any atom is -0.465 e. The van der Waals surface area contributed by atoms with Gasteiger partial charge in [0.1, 0.15) is 5.56 Å². The van der Waals surface area contributed by atoms with E-state index in [-0.39, 0.29) is 11.1 Å². The third-order valence-corrected chi connectivity index (χ3v) is 3.18. The fourth-order valence-electron chi connectivity index (χ4n) is 2.21. The topological polar surface area (TPSA) is 59.2 Å². The van der Waals surface area contributed by atoms with E-state index in [0.717, 1.165) is 30.3 Å². The number of unbranched alkanes of at least 4 members (excludes halogenated alkanes) is 1. The minimum atomic E-state index is -0.598. The maximum Gasteiger partial charge on any atom is 0.344 e. The fraction of sp³-hybridized carbons (Fsp3) is 0.333. The predicted octanol–water partition coefficient (Wildman–Crippen LogP) is 2.66. The second-order valence-electron chi connectivity index (χ2n) is 4.45. The first-order chi connectivity index (χ1) is 9.19. The summed E-state index contributed by atoms with van der Waals surface area (Å²) >= 11 is 0. The number of esters is 1. The number of H-pyrrole nitrogens is 1. The van der Waals surface area contributed by atoms with Gasteiger partial charge in [-0.1, -0.05) is 37.6 Å². The van der Waals surface area contributed by atoms with E-state index in [9.17, 15) is 9.59 Å². The van der Waals surface area contributed by atoms with Gasteiger partial charge < -0.3 is 9.72 Å². The van der Waals surface area contributed by atoms with Crippen LogP contribution in [0.25, 0.3) is 10.8 Å². The number of methoxy groups -OCH3 is 1. The number of rotatable bonds is 4. The molecule has 1 N–H and O–H groups in total. The first kappa shape index (κ1) is 13.3. The Hall–Kier alpha value is -2.10. The van der Waals surface area contributed by atoms with Gasteiger partial charge in [0.05, 0.1) is 7.11 Å². The number of carbonyl (C=O) groups excluding carboxylic acids is 1. The first-order valence-electron chi connectivity index (χ1n) is 6.41. The molecule has 0 bridgehead atoms. The van der Waals surface area contributed by atoms with Crippen molar-refractivity contribution in [3.8, 4) is 0 Å². The molecule has 0 radical (unpaired) electrons. The third-order valence-electron chi connectivity index (χ3n) is 3.18. The first-order valence-corrected chi connectivity index (χ1v) is 6.41. The lowest BCUT2D eigenvalue weighted by atomic mass is 10.0. The van der Waals surface area contributed by atoms with Gasteiger partial charge >= 0.3 is 5.97 Å². The molecular weight excluding hydrogens is 242 g/mol. The number of nitrogens with one attached hydrogen (secondary N) is 1. The maximum atomic E-state index is 12.1. The van der Waals surface area contributed by atoms with E-state index in [2.05, 4.69) is 16.6 Å². The Labute approximate surface area is 111 Å². The lowest BCUT2D eigenvalue weighted by molar-refractivity contribution is 0.0601. The van der Waals surface area contributed by atoms with E-state index in [1.165, 1.54) is 7.11 Å². The number of fused-ring (bicyclic) bond motifs is 1. The third kappa shape index (κ3) is 2.52. The van der Waals surface area contributed by atoms with Crippen LogP contribution in [-0.2, 0) is 11.2 Å². The molecule has 0 unspecified atom stereocenters. The van der Waals surface area contributed by atoms with Crippen LogP contribution >= 0.6 is 0 Å². The smallest absolute Gasteiger partial charge is 0.344 e. The molecule has 0 saturated carbocycles. The molecule has 0 fully saturated rings. The van der Waals surface area contributed by atoms with Gasteiger partial charge in [0.25, 0.3) is 5.56 Å². The molecular formula is C15H17NO3. The van der Waals surface area contributed by atoms with Crippen molar-refractivity contribution in [3.05, 3.63) is 45.9 Å². The summed E-state index contributed by atoms with van der Waals surface area (Å²) in [6, 6.07) is 7.42. The van der Waals surface area contributed by atoms with Crippen molar-refractivity contribution in [2.45, 2.75) is 26.2 Å². The Balaban J connectivity index is 2.70. The molecule has 19 heavy (non-hydrogen) atoms. The molecule has 0 saturated heterocycles. The van der Waals surface area contributed by atoms with Crippen LogP contribution in [0.4, 0.5) is 0 Å². The normalized spacial score (nSPS) is 10.6. The molecule has 0 aliphatic carbocycles. The number of benzene rings is 1. The molecule has 2 rings (SSSR count). The average Bonchev–Trinajstić information content (AvgIpc) is 2.44. The van der Waals surface area contributed by atoms with Crippen LogP contribution in [0.2, 0.25) is 0 Å². The lowest BCUT2D eigenvalue weighted by Crippen LogP contribution is -2.21. The maximum absolute atomic E-state index is 12.1. The van der Waals surface area contributed by atoms with Crippen LogP contribution in [0.1, 0.15) is 35.8 Å². The highest BCUT2D eigenvalue weighted by Gasteiger charge is 2.17. The van der Waals surface area contributed by atoms with Crippen molar-refractivity contribution < 1.29 is 9.53 Å². The number of hydrogen-bond donors (Lipinski definition) is 1. The van der Waals surface area contributed by atoms with Crippen molar-refractivity contribution in [2.24, 2.45) is 0 Å². The van der Waals surface area contributed by atoms with Gasteiger partial charge in [-0.05, 0) is 12.8 Å². The standard InChI is InChI=1S/C15H17NO3/c1-3-4-9-12-10-7-5-6-8-11(10)13(14(17)16-12)15(18)19-2/h5-8H,3-4,9H2,1-2H3,(H,16,17). The van der Waals surface area contributed by atoms with E-state index in [0.29, 0.717) is 5.39 Å². The largest absolute Gasteiger partial charge is 0.465 e. The highest BCUT2D eigenvalue weighted by atomic mass is 16.5. The van der Waals surface area contributed by atoms with Crippen LogP contribution < -0.4 is 5.56 Å². The van der Waals surface area contributed by atoms with Crippen LogP contribution in [0.3, 0.4) is 0 Å². The Morgan fingerprint density at radius 3 is 2.58 bits per heavy atom. The molecule has 0 spiro atoms. The molecule has 100 valence electrons. The quantitative estimate of drug-likeness (QED) is 0.859. The summed E-state index contributed by atoms with van der Waals surface area (Å²) in [7, 11) is 1.28. The van der Waals surface area contributed by atoms with Crippen LogP contribution in [0, 0.1) is 0 Å². The summed E-state index contributed by atoms with van der Waals surface area (Å²) in [5.74, 6) is -0.598. The van der Waals surface area contributed by atoms with Crippen molar-refractivity contribution >= 4 is 16.7 Å². The van der Waals surface area contributed by atoms with Crippen molar-refractivity contribution in [2.75, 3.05) is 7.11 Å². The number of ether oxygens (including phenoxy) is 1. The van der Waals surface area contributed by atoms with Gasteiger partial charge in [0.15, 0.2) is 0 Å². The van der Waals surface area contributed by atoms with Crippen LogP contribution in [0.15, 0.2) is 29.1 Å². The van der Waals surface area contributed by atoms with Crippen LogP contribution in [0.5, 0.6) is 0 Å². The van der Waals surface area contributed by atoms with Crippen molar-refractivity contribution in [3.63, 3.8) is 0 Å².